The second-order valence-electron chi connectivity index (χ2n) is 8.07. The minimum absolute atomic E-state index is 0.155. The number of morpholine rings is 1. The average Bonchev–Trinajstić information content (AvgIpc) is 3.56. The van der Waals surface area contributed by atoms with Crippen molar-refractivity contribution in [2.45, 2.75) is 18.9 Å². The molecule has 11 heteroatoms. The van der Waals surface area contributed by atoms with E-state index in [9.17, 15) is 9.59 Å². The summed E-state index contributed by atoms with van der Waals surface area (Å²) >= 11 is 1.26. The minimum atomic E-state index is -0.351. The van der Waals surface area contributed by atoms with E-state index in [1.54, 1.807) is 30.6 Å². The Kier molecular flexibility index (Phi) is 6.74. The second kappa shape index (κ2) is 10.2. The van der Waals surface area contributed by atoms with Crippen LogP contribution in [0.5, 0.6) is 5.75 Å². The molecule has 1 aliphatic heterocycles. The van der Waals surface area contributed by atoms with Crippen molar-refractivity contribution in [2.75, 3.05) is 43.5 Å². The van der Waals surface area contributed by atoms with E-state index in [-0.39, 0.29) is 24.5 Å². The molecule has 34 heavy (non-hydrogen) atoms. The molecule has 2 aromatic heterocycles. The van der Waals surface area contributed by atoms with Gasteiger partial charge in [-0.3, -0.25) is 24.8 Å². The van der Waals surface area contributed by atoms with Gasteiger partial charge in [0.2, 0.25) is 11.0 Å². The number of carbonyl (C=O) groups is 2. The molecule has 1 saturated heterocycles. The Bertz CT molecular complexity index is 1160. The second-order valence-corrected chi connectivity index (χ2v) is 9.05. The number of nitrogens with zero attached hydrogens (tertiary/aromatic N) is 4. The molecular weight excluding hydrogens is 456 g/mol. The van der Waals surface area contributed by atoms with Crippen molar-refractivity contribution in [1.82, 2.24) is 20.1 Å². The fraction of sp³-hybridized carbons (Fsp3) is 0.348. The molecule has 3 aromatic rings. The molecule has 1 saturated carbocycles. The summed E-state index contributed by atoms with van der Waals surface area (Å²) < 4.78 is 11.3. The quantitative estimate of drug-likeness (QED) is 0.505. The predicted octanol–water partition coefficient (Wildman–Crippen LogP) is 2.66. The maximum Gasteiger partial charge on any atom is 0.257 e. The summed E-state index contributed by atoms with van der Waals surface area (Å²) in [4.78, 5) is 31.7. The van der Waals surface area contributed by atoms with E-state index in [1.165, 1.54) is 11.3 Å². The van der Waals surface area contributed by atoms with Gasteiger partial charge in [-0.2, -0.15) is 0 Å². The van der Waals surface area contributed by atoms with Gasteiger partial charge in [-0.25, -0.2) is 0 Å². The Labute approximate surface area is 200 Å². The number of hydrogen-bond donors (Lipinski definition) is 2. The number of amides is 2. The molecule has 2 amide bonds. The summed E-state index contributed by atoms with van der Waals surface area (Å²) in [5, 5.41) is 14.9. The predicted molar refractivity (Wildman–Crippen MR) is 127 cm³/mol. The highest BCUT2D eigenvalue weighted by Gasteiger charge is 2.26. The molecule has 2 fully saturated rings. The van der Waals surface area contributed by atoms with Gasteiger partial charge < -0.3 is 14.8 Å². The number of pyridine rings is 1. The smallest absolute Gasteiger partial charge is 0.257 e. The Morgan fingerprint density at radius 2 is 2.00 bits per heavy atom. The standard InChI is InChI=1S/C23H24N6O4S/c30-20(14-29-8-10-32-11-9-29)25-18-12-15(3-6-19(18)33-17-4-5-17)21(31)26-23-28-27-22(34-23)16-2-1-7-24-13-16/h1-3,6-7,12-13,17H,4-5,8-11,14H2,(H,25,30)(H,26,28,31). The lowest BCUT2D eigenvalue weighted by atomic mass is 10.1. The summed E-state index contributed by atoms with van der Waals surface area (Å²) in [5.74, 6) is 0.0463. The summed E-state index contributed by atoms with van der Waals surface area (Å²) in [5.41, 5.74) is 1.68. The number of aromatic nitrogens is 3. The Morgan fingerprint density at radius 3 is 2.76 bits per heavy atom. The van der Waals surface area contributed by atoms with Crippen molar-refractivity contribution < 1.29 is 19.1 Å². The fourth-order valence-corrected chi connectivity index (χ4v) is 4.17. The van der Waals surface area contributed by atoms with Crippen LogP contribution >= 0.6 is 11.3 Å². The number of ether oxygens (including phenoxy) is 2. The van der Waals surface area contributed by atoms with Crippen LogP contribution in [-0.4, -0.2) is 70.8 Å². The number of hydrogen-bond acceptors (Lipinski definition) is 9. The van der Waals surface area contributed by atoms with Crippen LogP contribution in [0.4, 0.5) is 10.8 Å². The molecule has 5 rings (SSSR count). The Hall–Kier alpha value is -3.41. The van der Waals surface area contributed by atoms with Gasteiger partial charge in [0.05, 0.1) is 31.5 Å². The van der Waals surface area contributed by atoms with E-state index in [2.05, 4.69) is 25.8 Å². The van der Waals surface area contributed by atoms with Crippen LogP contribution in [0.1, 0.15) is 23.2 Å². The molecule has 176 valence electrons. The van der Waals surface area contributed by atoms with Gasteiger partial charge in [-0.1, -0.05) is 11.3 Å². The zero-order valence-electron chi connectivity index (χ0n) is 18.4. The first-order chi connectivity index (χ1) is 16.6. The molecule has 0 spiro atoms. The van der Waals surface area contributed by atoms with E-state index in [4.69, 9.17) is 9.47 Å². The lowest BCUT2D eigenvalue weighted by molar-refractivity contribution is -0.118. The monoisotopic (exact) mass is 480 g/mol. The van der Waals surface area contributed by atoms with Crippen LogP contribution in [0.15, 0.2) is 42.7 Å². The number of nitrogens with one attached hydrogen (secondary N) is 2. The van der Waals surface area contributed by atoms with Gasteiger partial charge in [-0.05, 0) is 43.2 Å². The van der Waals surface area contributed by atoms with Gasteiger partial charge >= 0.3 is 0 Å². The summed E-state index contributed by atoms with van der Waals surface area (Å²) in [6.45, 7) is 2.92. The third-order valence-electron chi connectivity index (χ3n) is 5.36. The van der Waals surface area contributed by atoms with Crippen LogP contribution in [-0.2, 0) is 9.53 Å². The average molecular weight is 481 g/mol. The molecule has 1 aromatic carbocycles. The van der Waals surface area contributed by atoms with Crippen LogP contribution in [0, 0.1) is 0 Å². The SMILES string of the molecule is O=C(CN1CCOCC1)Nc1cc(C(=O)Nc2nnc(-c3cccnc3)s2)ccc1OC1CC1. The molecule has 2 N–H and O–H groups in total. The maximum atomic E-state index is 12.9. The highest BCUT2D eigenvalue weighted by atomic mass is 32.1. The van der Waals surface area contributed by atoms with Crippen LogP contribution < -0.4 is 15.4 Å². The van der Waals surface area contributed by atoms with E-state index >= 15 is 0 Å². The number of carbonyl (C=O) groups excluding carboxylic acids is 2. The van der Waals surface area contributed by atoms with E-state index in [0.717, 1.165) is 18.4 Å². The summed E-state index contributed by atoms with van der Waals surface area (Å²) in [7, 11) is 0. The first-order valence-corrected chi connectivity index (χ1v) is 11.9. The molecule has 10 nitrogen and oxygen atoms in total. The molecule has 1 aliphatic carbocycles. The normalized spacial score (nSPS) is 16.1. The molecule has 0 unspecified atom stereocenters. The van der Waals surface area contributed by atoms with Crippen LogP contribution in [0.25, 0.3) is 10.6 Å². The van der Waals surface area contributed by atoms with Gasteiger partial charge in [0.25, 0.3) is 5.91 Å². The number of rotatable bonds is 8. The molecular formula is C23H24N6O4S. The zero-order chi connectivity index (χ0) is 23.3. The van der Waals surface area contributed by atoms with Gasteiger partial charge in [0, 0.05) is 36.6 Å². The lowest BCUT2D eigenvalue weighted by Gasteiger charge is -2.26. The minimum Gasteiger partial charge on any atom is -0.488 e. The summed E-state index contributed by atoms with van der Waals surface area (Å²) in [6, 6.07) is 8.72. The van der Waals surface area contributed by atoms with Crippen molar-refractivity contribution in [3.63, 3.8) is 0 Å². The van der Waals surface area contributed by atoms with Crippen LogP contribution in [0.3, 0.4) is 0 Å². The van der Waals surface area contributed by atoms with Crippen molar-refractivity contribution in [3.05, 3.63) is 48.3 Å². The zero-order valence-corrected chi connectivity index (χ0v) is 19.2. The van der Waals surface area contributed by atoms with Gasteiger partial charge in [0.15, 0.2) is 5.01 Å². The van der Waals surface area contributed by atoms with Gasteiger partial charge in [0.1, 0.15) is 5.75 Å². The van der Waals surface area contributed by atoms with E-state index in [1.807, 2.05) is 17.0 Å². The first kappa shape index (κ1) is 22.4. The van der Waals surface area contributed by atoms with Crippen LogP contribution in [0.2, 0.25) is 0 Å². The molecule has 0 bridgehead atoms. The van der Waals surface area contributed by atoms with E-state index in [0.29, 0.717) is 53.4 Å². The highest BCUT2D eigenvalue weighted by Crippen LogP contribution is 2.33. The number of anilines is 2. The fourth-order valence-electron chi connectivity index (χ4n) is 3.44. The van der Waals surface area contributed by atoms with Gasteiger partial charge in [-0.15, -0.1) is 10.2 Å². The third-order valence-corrected chi connectivity index (χ3v) is 6.25. The Morgan fingerprint density at radius 1 is 1.15 bits per heavy atom. The number of benzene rings is 1. The Balaban J connectivity index is 1.28. The largest absolute Gasteiger partial charge is 0.488 e. The molecule has 0 atom stereocenters. The molecule has 3 heterocycles. The van der Waals surface area contributed by atoms with Crippen molar-refractivity contribution in [2.24, 2.45) is 0 Å². The van der Waals surface area contributed by atoms with E-state index < -0.39 is 0 Å². The topological polar surface area (TPSA) is 119 Å². The van der Waals surface area contributed by atoms with Crippen molar-refractivity contribution in [1.29, 1.82) is 0 Å². The maximum absolute atomic E-state index is 12.9. The lowest BCUT2D eigenvalue weighted by Crippen LogP contribution is -2.41. The van der Waals surface area contributed by atoms with Crippen molar-refractivity contribution in [3.8, 4) is 16.3 Å². The molecule has 2 aliphatic rings. The third kappa shape index (κ3) is 5.74. The highest BCUT2D eigenvalue weighted by molar-refractivity contribution is 7.18. The summed E-state index contributed by atoms with van der Waals surface area (Å²) in [6.07, 6.45) is 5.50. The van der Waals surface area contributed by atoms with Crippen molar-refractivity contribution >= 4 is 34.0 Å². The first-order valence-electron chi connectivity index (χ1n) is 11.1. The molecule has 0 radical (unpaired) electrons.